The third kappa shape index (κ3) is 5.76. The number of benzene rings is 2. The fourth-order valence-electron chi connectivity index (χ4n) is 2.48. The Morgan fingerprint density at radius 1 is 1.04 bits per heavy atom. The van der Waals surface area contributed by atoms with E-state index in [1.54, 1.807) is 29.2 Å². The van der Waals surface area contributed by atoms with Crippen LogP contribution < -0.4 is 10.2 Å². The van der Waals surface area contributed by atoms with Gasteiger partial charge >= 0.3 is 0 Å². The van der Waals surface area contributed by atoms with Gasteiger partial charge in [-0.05, 0) is 42.3 Å². The smallest absolute Gasteiger partial charge is 0.224 e. The fourth-order valence-corrected chi connectivity index (χ4v) is 2.77. The van der Waals surface area contributed by atoms with Crippen LogP contribution in [0.5, 0.6) is 0 Å². The molecule has 2 rings (SSSR count). The molecule has 132 valence electrons. The minimum absolute atomic E-state index is 0.0997. The van der Waals surface area contributed by atoms with Crippen molar-refractivity contribution < 1.29 is 9.59 Å². The van der Waals surface area contributed by atoms with Crippen molar-refractivity contribution in [1.82, 2.24) is 5.32 Å². The summed E-state index contributed by atoms with van der Waals surface area (Å²) < 4.78 is 0. The molecule has 0 aliphatic rings. The van der Waals surface area contributed by atoms with Crippen molar-refractivity contribution in [3.63, 3.8) is 0 Å². The highest BCUT2D eigenvalue weighted by atomic mass is 35.5. The van der Waals surface area contributed by atoms with Crippen LogP contribution in [-0.4, -0.2) is 24.9 Å². The van der Waals surface area contributed by atoms with Crippen LogP contribution in [-0.2, 0) is 16.0 Å². The molecule has 0 aliphatic carbocycles. The normalized spacial score (nSPS) is 10.4. The zero-order chi connectivity index (χ0) is 18.4. The van der Waals surface area contributed by atoms with Crippen LogP contribution in [0.15, 0.2) is 42.5 Å². The van der Waals surface area contributed by atoms with E-state index in [0.717, 1.165) is 16.8 Å². The summed E-state index contributed by atoms with van der Waals surface area (Å²) in [6.07, 6.45) is 0.271. The number of aryl methyl sites for hydroxylation is 1. The minimum atomic E-state index is -0.103. The molecule has 0 bridgehead atoms. The van der Waals surface area contributed by atoms with Crippen LogP contribution in [0.4, 0.5) is 5.69 Å². The maximum atomic E-state index is 12.0. The molecule has 0 aromatic heterocycles. The largest absolute Gasteiger partial charge is 0.354 e. The Kier molecular flexibility index (Phi) is 6.85. The van der Waals surface area contributed by atoms with Crippen LogP contribution in [0.3, 0.4) is 0 Å². The first-order chi connectivity index (χ1) is 11.9. The van der Waals surface area contributed by atoms with Gasteiger partial charge in [-0.3, -0.25) is 9.59 Å². The summed E-state index contributed by atoms with van der Waals surface area (Å²) in [6.45, 7) is 4.15. The number of amides is 2. The zero-order valence-electron chi connectivity index (χ0n) is 14.2. The lowest BCUT2D eigenvalue weighted by Gasteiger charge is -2.23. The molecule has 0 saturated carbocycles. The van der Waals surface area contributed by atoms with Gasteiger partial charge in [0.25, 0.3) is 0 Å². The maximum absolute atomic E-state index is 12.0. The summed E-state index contributed by atoms with van der Waals surface area (Å²) in [7, 11) is 0. The van der Waals surface area contributed by atoms with Crippen LogP contribution in [0.25, 0.3) is 0 Å². The molecular weight excluding hydrogens is 359 g/mol. The predicted octanol–water partition coefficient (Wildman–Crippen LogP) is 4.01. The molecule has 0 unspecified atom stereocenters. The molecule has 0 atom stereocenters. The Labute approximate surface area is 157 Å². The molecule has 0 radical (unpaired) electrons. The summed E-state index contributed by atoms with van der Waals surface area (Å²) in [5, 5.41) is 4.04. The van der Waals surface area contributed by atoms with Gasteiger partial charge in [-0.25, -0.2) is 0 Å². The van der Waals surface area contributed by atoms with Gasteiger partial charge in [-0.2, -0.15) is 0 Å². The molecule has 1 N–H and O–H groups in total. The van der Waals surface area contributed by atoms with E-state index in [1.807, 2.05) is 25.1 Å². The van der Waals surface area contributed by atoms with Gasteiger partial charge in [-0.15, -0.1) is 0 Å². The van der Waals surface area contributed by atoms with Gasteiger partial charge in [0.15, 0.2) is 0 Å². The second-order valence-corrected chi connectivity index (χ2v) is 6.63. The molecule has 2 aromatic rings. The second kappa shape index (κ2) is 8.88. The number of nitrogens with zero attached hydrogens (tertiary/aromatic N) is 1. The standard InChI is InChI=1S/C19H20Cl2N2O2/c1-13-3-6-17(21)12-18(13)23(14(2)24)10-9-22-19(25)11-15-4-7-16(20)8-5-15/h3-8,12H,9-11H2,1-2H3,(H,22,25). The van der Waals surface area contributed by atoms with E-state index in [9.17, 15) is 9.59 Å². The summed E-state index contributed by atoms with van der Waals surface area (Å²) in [4.78, 5) is 25.6. The summed E-state index contributed by atoms with van der Waals surface area (Å²) in [6, 6.07) is 12.6. The first-order valence-corrected chi connectivity index (χ1v) is 8.68. The van der Waals surface area contributed by atoms with Crippen molar-refractivity contribution in [3.8, 4) is 0 Å². The molecule has 0 aliphatic heterocycles. The number of carbonyl (C=O) groups excluding carboxylic acids is 2. The molecule has 6 heteroatoms. The van der Waals surface area contributed by atoms with Crippen LogP contribution in [0.2, 0.25) is 10.0 Å². The summed E-state index contributed by atoms with van der Waals surface area (Å²) in [5.74, 6) is -0.203. The lowest BCUT2D eigenvalue weighted by Crippen LogP contribution is -2.38. The van der Waals surface area contributed by atoms with E-state index in [4.69, 9.17) is 23.2 Å². The Hall–Kier alpha value is -2.04. The summed E-state index contributed by atoms with van der Waals surface area (Å²) in [5.41, 5.74) is 2.59. The average molecular weight is 379 g/mol. The van der Waals surface area contributed by atoms with Crippen molar-refractivity contribution in [2.45, 2.75) is 20.3 Å². The number of carbonyl (C=O) groups is 2. The lowest BCUT2D eigenvalue weighted by molar-refractivity contribution is -0.121. The highest BCUT2D eigenvalue weighted by Gasteiger charge is 2.14. The molecule has 2 amide bonds. The van der Waals surface area contributed by atoms with Crippen LogP contribution in [0.1, 0.15) is 18.1 Å². The quantitative estimate of drug-likeness (QED) is 0.825. The van der Waals surface area contributed by atoms with Gasteiger partial charge in [0, 0.05) is 35.7 Å². The molecule has 0 fully saturated rings. The average Bonchev–Trinajstić information content (AvgIpc) is 2.56. The van der Waals surface area contributed by atoms with Gasteiger partial charge < -0.3 is 10.2 Å². The van der Waals surface area contributed by atoms with Gasteiger partial charge in [0.1, 0.15) is 0 Å². The predicted molar refractivity (Wildman–Crippen MR) is 102 cm³/mol. The SMILES string of the molecule is CC(=O)N(CCNC(=O)Cc1ccc(Cl)cc1)c1cc(Cl)ccc1C. The van der Waals surface area contributed by atoms with E-state index in [1.165, 1.54) is 6.92 Å². The topological polar surface area (TPSA) is 49.4 Å². The molecular formula is C19H20Cl2N2O2. The number of anilines is 1. The third-order valence-electron chi connectivity index (χ3n) is 3.78. The van der Waals surface area contributed by atoms with E-state index in [2.05, 4.69) is 5.32 Å². The van der Waals surface area contributed by atoms with Crippen LogP contribution >= 0.6 is 23.2 Å². The number of halogens is 2. The number of hydrogen-bond donors (Lipinski definition) is 1. The first-order valence-electron chi connectivity index (χ1n) is 7.92. The zero-order valence-corrected chi connectivity index (χ0v) is 15.7. The maximum Gasteiger partial charge on any atom is 0.224 e. The van der Waals surface area contributed by atoms with Crippen molar-refractivity contribution in [2.75, 3.05) is 18.0 Å². The molecule has 0 saturated heterocycles. The Bertz CT molecular complexity index is 761. The van der Waals surface area contributed by atoms with Crippen molar-refractivity contribution in [2.24, 2.45) is 0 Å². The van der Waals surface area contributed by atoms with Gasteiger partial charge in [0.2, 0.25) is 11.8 Å². The van der Waals surface area contributed by atoms with Gasteiger partial charge in [-0.1, -0.05) is 41.4 Å². The molecule has 25 heavy (non-hydrogen) atoms. The highest BCUT2D eigenvalue weighted by molar-refractivity contribution is 6.31. The Balaban J connectivity index is 1.93. The van der Waals surface area contributed by atoms with Crippen LogP contribution in [0, 0.1) is 6.92 Å². The molecule has 0 heterocycles. The first kappa shape index (κ1) is 19.3. The highest BCUT2D eigenvalue weighted by Crippen LogP contribution is 2.24. The van der Waals surface area contributed by atoms with Gasteiger partial charge in [0.05, 0.1) is 6.42 Å². The van der Waals surface area contributed by atoms with E-state index >= 15 is 0 Å². The Morgan fingerprint density at radius 3 is 2.32 bits per heavy atom. The van der Waals surface area contributed by atoms with E-state index < -0.39 is 0 Å². The number of nitrogens with one attached hydrogen (secondary N) is 1. The monoisotopic (exact) mass is 378 g/mol. The molecule has 2 aromatic carbocycles. The molecule has 4 nitrogen and oxygen atoms in total. The number of hydrogen-bond acceptors (Lipinski definition) is 2. The van der Waals surface area contributed by atoms with Crippen molar-refractivity contribution >= 4 is 40.7 Å². The fraction of sp³-hybridized carbons (Fsp3) is 0.263. The third-order valence-corrected chi connectivity index (χ3v) is 4.26. The second-order valence-electron chi connectivity index (χ2n) is 5.75. The van der Waals surface area contributed by atoms with Crippen molar-refractivity contribution in [3.05, 3.63) is 63.6 Å². The van der Waals surface area contributed by atoms with E-state index in [0.29, 0.717) is 23.1 Å². The van der Waals surface area contributed by atoms with Crippen molar-refractivity contribution in [1.29, 1.82) is 0 Å². The minimum Gasteiger partial charge on any atom is -0.354 e. The summed E-state index contributed by atoms with van der Waals surface area (Å²) >= 11 is 11.9. The lowest BCUT2D eigenvalue weighted by atomic mass is 10.1. The van der Waals surface area contributed by atoms with E-state index in [-0.39, 0.29) is 18.2 Å². The number of rotatable bonds is 6. The Morgan fingerprint density at radius 2 is 1.68 bits per heavy atom. The molecule has 0 spiro atoms.